The maximum atomic E-state index is 12.3. The highest BCUT2D eigenvalue weighted by molar-refractivity contribution is 5.76. The van der Waals surface area contributed by atoms with Gasteiger partial charge in [-0.1, -0.05) is 55.1 Å². The molecule has 1 heterocycles. The van der Waals surface area contributed by atoms with Crippen LogP contribution in [0.2, 0.25) is 0 Å². The smallest absolute Gasteiger partial charge is 0.227 e. The molecule has 0 radical (unpaired) electrons. The van der Waals surface area contributed by atoms with E-state index in [2.05, 4.69) is 20.8 Å². The average molecular weight is 429 g/mol. The van der Waals surface area contributed by atoms with Gasteiger partial charge >= 0.3 is 0 Å². The molecule has 8 nitrogen and oxygen atoms in total. The minimum absolute atomic E-state index is 0.0852. The predicted molar refractivity (Wildman–Crippen MR) is 115 cm³/mol. The summed E-state index contributed by atoms with van der Waals surface area (Å²) < 4.78 is 10.6. The van der Waals surface area contributed by atoms with E-state index in [1.807, 2.05) is 24.3 Å². The highest BCUT2D eigenvalue weighted by atomic mass is 16.5. The van der Waals surface area contributed by atoms with Crippen LogP contribution in [0.1, 0.15) is 74.7 Å². The molecule has 0 unspecified atom stereocenters. The van der Waals surface area contributed by atoms with Gasteiger partial charge in [0.1, 0.15) is 5.54 Å². The van der Waals surface area contributed by atoms with E-state index in [4.69, 9.17) is 9.26 Å². The molecule has 8 heteroatoms. The predicted octanol–water partition coefficient (Wildman–Crippen LogP) is 3.15. The molecular formula is C23H32N4O4. The minimum atomic E-state index is -0.572. The Kier molecular flexibility index (Phi) is 8.17. The topological polar surface area (TPSA) is 106 Å². The van der Waals surface area contributed by atoms with Crippen molar-refractivity contribution >= 4 is 11.8 Å². The number of aromatic nitrogens is 2. The van der Waals surface area contributed by atoms with E-state index in [1.165, 1.54) is 6.92 Å². The average Bonchev–Trinajstić information content (AvgIpc) is 3.12. The van der Waals surface area contributed by atoms with Crippen molar-refractivity contribution < 1.29 is 18.8 Å². The second-order valence-electron chi connectivity index (χ2n) is 8.17. The maximum absolute atomic E-state index is 12.3. The van der Waals surface area contributed by atoms with Gasteiger partial charge in [0.05, 0.1) is 6.61 Å². The highest BCUT2D eigenvalue weighted by Crippen LogP contribution is 2.34. The first-order valence-electron chi connectivity index (χ1n) is 11.0. The highest BCUT2D eigenvalue weighted by Gasteiger charge is 2.38. The maximum Gasteiger partial charge on any atom is 0.227 e. The summed E-state index contributed by atoms with van der Waals surface area (Å²) in [5.74, 6) is 0.756. The Bertz CT molecular complexity index is 872. The second kappa shape index (κ2) is 11.0. The number of carbonyl (C=O) groups excluding carboxylic acids is 2. The zero-order valence-electron chi connectivity index (χ0n) is 18.4. The molecule has 0 saturated heterocycles. The zero-order chi connectivity index (χ0) is 22.1. The number of benzene rings is 1. The van der Waals surface area contributed by atoms with Crippen LogP contribution in [0.15, 0.2) is 28.8 Å². The van der Waals surface area contributed by atoms with Crippen molar-refractivity contribution in [1.29, 1.82) is 0 Å². The first-order valence-corrected chi connectivity index (χ1v) is 11.0. The Morgan fingerprint density at radius 1 is 1.13 bits per heavy atom. The van der Waals surface area contributed by atoms with Gasteiger partial charge in [-0.05, 0) is 24.0 Å². The van der Waals surface area contributed by atoms with E-state index >= 15 is 0 Å². The van der Waals surface area contributed by atoms with Gasteiger partial charge in [0.2, 0.25) is 17.7 Å². The number of ether oxygens (including phenoxy) is 1. The SMILES string of the molecule is COCc1ccccc1CNC(=O)CCc1nc(C2(NC(C)=O)CCCCCC2)no1. The van der Waals surface area contributed by atoms with Crippen LogP contribution in [0.5, 0.6) is 0 Å². The Morgan fingerprint density at radius 2 is 1.84 bits per heavy atom. The lowest BCUT2D eigenvalue weighted by Crippen LogP contribution is -2.45. The number of methoxy groups -OCH3 is 1. The number of nitrogens with one attached hydrogen (secondary N) is 2. The molecule has 1 saturated carbocycles. The fourth-order valence-electron chi connectivity index (χ4n) is 4.15. The summed E-state index contributed by atoms with van der Waals surface area (Å²) >= 11 is 0. The molecule has 168 valence electrons. The summed E-state index contributed by atoms with van der Waals surface area (Å²) in [5.41, 5.74) is 1.51. The minimum Gasteiger partial charge on any atom is -0.380 e. The molecule has 1 aliphatic rings. The van der Waals surface area contributed by atoms with Crippen molar-refractivity contribution in [2.75, 3.05) is 7.11 Å². The number of nitrogens with zero attached hydrogens (tertiary/aromatic N) is 2. The Labute approximate surface area is 183 Å². The number of hydrogen-bond acceptors (Lipinski definition) is 6. The third-order valence-corrected chi connectivity index (χ3v) is 5.73. The van der Waals surface area contributed by atoms with Crippen LogP contribution in [0.3, 0.4) is 0 Å². The van der Waals surface area contributed by atoms with Crippen LogP contribution in [-0.2, 0) is 39.4 Å². The summed E-state index contributed by atoms with van der Waals surface area (Å²) in [7, 11) is 1.65. The van der Waals surface area contributed by atoms with Gasteiger partial charge in [-0.2, -0.15) is 4.98 Å². The molecule has 2 N–H and O–H groups in total. The van der Waals surface area contributed by atoms with Crippen molar-refractivity contribution in [3.8, 4) is 0 Å². The second-order valence-corrected chi connectivity index (χ2v) is 8.17. The van der Waals surface area contributed by atoms with Crippen LogP contribution in [-0.4, -0.2) is 29.1 Å². The van der Waals surface area contributed by atoms with Gasteiger partial charge in [0, 0.05) is 33.4 Å². The molecule has 1 aromatic carbocycles. The van der Waals surface area contributed by atoms with E-state index in [0.717, 1.165) is 49.7 Å². The lowest BCUT2D eigenvalue weighted by atomic mass is 9.89. The van der Waals surface area contributed by atoms with Crippen LogP contribution >= 0.6 is 0 Å². The molecule has 2 aromatic rings. The van der Waals surface area contributed by atoms with Gasteiger partial charge in [-0.15, -0.1) is 0 Å². The summed E-state index contributed by atoms with van der Waals surface area (Å²) in [6.07, 6.45) is 6.50. The molecule has 0 spiro atoms. The normalized spacial score (nSPS) is 15.8. The Hall–Kier alpha value is -2.74. The van der Waals surface area contributed by atoms with Gasteiger partial charge in [-0.3, -0.25) is 9.59 Å². The van der Waals surface area contributed by atoms with Crippen molar-refractivity contribution in [2.45, 2.75) is 77.0 Å². The van der Waals surface area contributed by atoms with E-state index < -0.39 is 5.54 Å². The molecule has 1 aliphatic carbocycles. The Balaban J connectivity index is 1.57. The van der Waals surface area contributed by atoms with Crippen molar-refractivity contribution in [2.24, 2.45) is 0 Å². The molecule has 2 amide bonds. The molecule has 3 rings (SSSR count). The van der Waals surface area contributed by atoms with Gasteiger partial charge in [-0.25, -0.2) is 0 Å². The van der Waals surface area contributed by atoms with Gasteiger partial charge in [0.25, 0.3) is 0 Å². The van der Waals surface area contributed by atoms with E-state index in [9.17, 15) is 9.59 Å². The van der Waals surface area contributed by atoms with Crippen LogP contribution in [0.4, 0.5) is 0 Å². The molecule has 0 bridgehead atoms. The van der Waals surface area contributed by atoms with Crippen molar-refractivity contribution in [3.63, 3.8) is 0 Å². The van der Waals surface area contributed by atoms with Crippen LogP contribution in [0.25, 0.3) is 0 Å². The van der Waals surface area contributed by atoms with Crippen LogP contribution < -0.4 is 10.6 Å². The van der Waals surface area contributed by atoms with Crippen LogP contribution in [0, 0.1) is 0 Å². The summed E-state index contributed by atoms with van der Waals surface area (Å²) in [6.45, 7) is 2.47. The van der Waals surface area contributed by atoms with Crippen molar-refractivity contribution in [1.82, 2.24) is 20.8 Å². The molecule has 1 fully saturated rings. The third-order valence-electron chi connectivity index (χ3n) is 5.73. The Morgan fingerprint density at radius 3 is 2.52 bits per heavy atom. The number of carbonyl (C=O) groups is 2. The lowest BCUT2D eigenvalue weighted by molar-refractivity contribution is -0.122. The first kappa shape index (κ1) is 22.9. The largest absolute Gasteiger partial charge is 0.380 e. The molecule has 1 aromatic heterocycles. The summed E-state index contributed by atoms with van der Waals surface area (Å²) in [6, 6.07) is 7.87. The monoisotopic (exact) mass is 428 g/mol. The lowest BCUT2D eigenvalue weighted by Gasteiger charge is -2.30. The van der Waals surface area contributed by atoms with E-state index in [1.54, 1.807) is 7.11 Å². The summed E-state index contributed by atoms with van der Waals surface area (Å²) in [4.78, 5) is 28.7. The fourth-order valence-corrected chi connectivity index (χ4v) is 4.15. The van der Waals surface area contributed by atoms with E-state index in [-0.39, 0.29) is 18.2 Å². The summed E-state index contributed by atoms with van der Waals surface area (Å²) in [5, 5.41) is 10.2. The van der Waals surface area contributed by atoms with Gasteiger partial charge in [0.15, 0.2) is 5.82 Å². The number of hydrogen-bond donors (Lipinski definition) is 2. The van der Waals surface area contributed by atoms with Crippen molar-refractivity contribution in [3.05, 3.63) is 47.1 Å². The third kappa shape index (κ3) is 6.37. The molecule has 0 atom stereocenters. The molecular weight excluding hydrogens is 396 g/mol. The number of rotatable bonds is 9. The van der Waals surface area contributed by atoms with E-state index in [0.29, 0.717) is 31.3 Å². The number of aryl methyl sites for hydroxylation is 1. The number of amides is 2. The van der Waals surface area contributed by atoms with Gasteiger partial charge < -0.3 is 19.9 Å². The standard InChI is InChI=1S/C23H32N4O4/c1-17(28)26-23(13-7-3-4-8-14-23)22-25-21(31-27-22)12-11-20(29)24-15-18-9-5-6-10-19(18)16-30-2/h5-6,9-10H,3-4,7-8,11-16H2,1-2H3,(H,24,29)(H,26,28). The first-order chi connectivity index (χ1) is 15.0. The quantitative estimate of drug-likeness (QED) is 0.594. The fraction of sp³-hybridized carbons (Fsp3) is 0.565. The zero-order valence-corrected chi connectivity index (χ0v) is 18.4. The molecule has 31 heavy (non-hydrogen) atoms. The molecule has 0 aliphatic heterocycles.